The molecule has 2 unspecified atom stereocenters. The molecular formula is C27H32N2O6. The van der Waals surface area contributed by atoms with Crippen molar-refractivity contribution in [1.29, 1.82) is 0 Å². The third-order valence-electron chi connectivity index (χ3n) is 7.12. The number of nitrogens with zero attached hydrogens (tertiary/aromatic N) is 1. The number of carboxylic acids is 1. The number of benzene rings is 2. The monoisotopic (exact) mass is 480 g/mol. The van der Waals surface area contributed by atoms with E-state index in [1.54, 1.807) is 6.92 Å². The second-order valence-corrected chi connectivity index (χ2v) is 9.22. The van der Waals surface area contributed by atoms with Crippen LogP contribution in [-0.2, 0) is 19.1 Å². The van der Waals surface area contributed by atoms with Crippen LogP contribution in [0, 0.1) is 5.41 Å². The topological polar surface area (TPSA) is 105 Å². The summed E-state index contributed by atoms with van der Waals surface area (Å²) < 4.78 is 11.2. The fraction of sp³-hybridized carbons (Fsp3) is 0.444. The zero-order chi connectivity index (χ0) is 25.0. The van der Waals surface area contributed by atoms with Crippen LogP contribution in [0.15, 0.2) is 48.5 Å². The first-order valence-corrected chi connectivity index (χ1v) is 12.1. The van der Waals surface area contributed by atoms with E-state index in [0.717, 1.165) is 22.3 Å². The van der Waals surface area contributed by atoms with Crippen molar-refractivity contribution in [2.45, 2.75) is 38.6 Å². The Bertz CT molecular complexity index is 1050. The Balaban J connectivity index is 1.43. The fourth-order valence-electron chi connectivity index (χ4n) is 5.16. The lowest BCUT2D eigenvalue weighted by Crippen LogP contribution is -2.57. The summed E-state index contributed by atoms with van der Waals surface area (Å²) in [6, 6.07) is 15.2. The first kappa shape index (κ1) is 24.7. The number of hydrogen-bond acceptors (Lipinski definition) is 5. The van der Waals surface area contributed by atoms with Crippen LogP contribution in [0.5, 0.6) is 0 Å². The Morgan fingerprint density at radius 2 is 1.77 bits per heavy atom. The number of aliphatic carboxylic acids is 1. The summed E-state index contributed by atoms with van der Waals surface area (Å²) in [6.45, 7) is 4.32. The molecule has 2 aromatic rings. The number of alkyl carbamates (subject to hydrolysis) is 1. The number of likely N-dealkylation sites (N-methyl/N-ethyl adjacent to an activating group) is 1. The molecule has 1 aliphatic carbocycles. The second kappa shape index (κ2) is 10.5. The predicted molar refractivity (Wildman–Crippen MR) is 130 cm³/mol. The molecule has 2 atom stereocenters. The van der Waals surface area contributed by atoms with E-state index in [1.807, 2.05) is 24.3 Å². The molecule has 0 aromatic heterocycles. The van der Waals surface area contributed by atoms with Gasteiger partial charge in [-0.1, -0.05) is 48.5 Å². The molecule has 1 saturated heterocycles. The van der Waals surface area contributed by atoms with Gasteiger partial charge in [0.05, 0.1) is 12.0 Å². The third-order valence-corrected chi connectivity index (χ3v) is 7.12. The van der Waals surface area contributed by atoms with Gasteiger partial charge in [0, 0.05) is 25.6 Å². The van der Waals surface area contributed by atoms with Crippen molar-refractivity contribution in [2.75, 3.05) is 32.9 Å². The molecule has 2 amide bonds. The standard InChI is InChI=1S/C27H32N2O6/c1-3-29(18(2)24(30)31)25(32)27(13-8-14-34-17-27)16-28-26(33)35-15-23-21-11-6-4-9-19(21)20-10-5-7-12-22(20)23/h4-7,9-12,18,23H,3,8,13-17H2,1-2H3,(H,28,33)(H,30,31). The predicted octanol–water partition coefficient (Wildman–Crippen LogP) is 3.64. The van der Waals surface area contributed by atoms with Gasteiger partial charge >= 0.3 is 12.1 Å². The van der Waals surface area contributed by atoms with E-state index in [-0.39, 0.29) is 38.1 Å². The lowest BCUT2D eigenvalue weighted by molar-refractivity contribution is -0.159. The van der Waals surface area contributed by atoms with E-state index in [0.29, 0.717) is 19.4 Å². The van der Waals surface area contributed by atoms with E-state index in [2.05, 4.69) is 29.6 Å². The fourth-order valence-corrected chi connectivity index (χ4v) is 5.16. The van der Waals surface area contributed by atoms with Crippen LogP contribution in [0.4, 0.5) is 4.79 Å². The van der Waals surface area contributed by atoms with Crippen LogP contribution in [-0.4, -0.2) is 66.9 Å². The first-order chi connectivity index (χ1) is 16.9. The van der Waals surface area contributed by atoms with Gasteiger partial charge in [0.1, 0.15) is 12.6 Å². The Labute approximate surface area is 205 Å². The quantitative estimate of drug-likeness (QED) is 0.598. The molecule has 2 aliphatic rings. The van der Waals surface area contributed by atoms with Gasteiger partial charge in [-0.25, -0.2) is 9.59 Å². The van der Waals surface area contributed by atoms with Crippen molar-refractivity contribution in [3.8, 4) is 11.1 Å². The lowest BCUT2D eigenvalue weighted by Gasteiger charge is -2.40. The van der Waals surface area contributed by atoms with Gasteiger partial charge in [-0.2, -0.15) is 0 Å². The van der Waals surface area contributed by atoms with Gasteiger partial charge in [-0.15, -0.1) is 0 Å². The highest BCUT2D eigenvalue weighted by Crippen LogP contribution is 2.44. The number of carbonyl (C=O) groups excluding carboxylic acids is 2. The zero-order valence-corrected chi connectivity index (χ0v) is 20.2. The number of amides is 2. The van der Waals surface area contributed by atoms with Crippen molar-refractivity contribution in [2.24, 2.45) is 5.41 Å². The molecule has 0 radical (unpaired) electrons. The third kappa shape index (κ3) is 4.89. The lowest BCUT2D eigenvalue weighted by atomic mass is 9.80. The van der Waals surface area contributed by atoms with Gasteiger partial charge in [0.2, 0.25) is 5.91 Å². The van der Waals surface area contributed by atoms with Crippen molar-refractivity contribution < 1.29 is 29.0 Å². The highest BCUT2D eigenvalue weighted by Gasteiger charge is 2.45. The van der Waals surface area contributed by atoms with Gasteiger partial charge in [-0.05, 0) is 48.9 Å². The summed E-state index contributed by atoms with van der Waals surface area (Å²) in [4.78, 5) is 39.0. The van der Waals surface area contributed by atoms with Gasteiger partial charge < -0.3 is 24.8 Å². The van der Waals surface area contributed by atoms with E-state index >= 15 is 0 Å². The summed E-state index contributed by atoms with van der Waals surface area (Å²) in [5.41, 5.74) is 3.51. The number of carboxylic acid groups (broad SMARTS) is 1. The SMILES string of the molecule is CCN(C(=O)C1(CNC(=O)OCC2c3ccccc3-c3ccccc32)CCCOC1)C(C)C(=O)O. The molecule has 8 heteroatoms. The smallest absolute Gasteiger partial charge is 0.407 e. The molecule has 8 nitrogen and oxygen atoms in total. The van der Waals surface area contributed by atoms with E-state index in [1.165, 1.54) is 11.8 Å². The summed E-state index contributed by atoms with van der Waals surface area (Å²) in [5.74, 6) is -1.46. The molecule has 186 valence electrons. The van der Waals surface area contributed by atoms with Crippen LogP contribution in [0.1, 0.15) is 43.7 Å². The van der Waals surface area contributed by atoms with Gasteiger partial charge in [0.15, 0.2) is 0 Å². The van der Waals surface area contributed by atoms with Gasteiger partial charge in [-0.3, -0.25) is 4.79 Å². The Hall–Kier alpha value is -3.39. The van der Waals surface area contributed by atoms with E-state index in [9.17, 15) is 19.5 Å². The van der Waals surface area contributed by atoms with Crippen LogP contribution in [0.2, 0.25) is 0 Å². The average Bonchev–Trinajstić information content (AvgIpc) is 3.20. The molecule has 2 aromatic carbocycles. The molecule has 2 N–H and O–H groups in total. The molecule has 1 fully saturated rings. The first-order valence-electron chi connectivity index (χ1n) is 12.1. The molecule has 0 bridgehead atoms. The maximum absolute atomic E-state index is 13.4. The highest BCUT2D eigenvalue weighted by atomic mass is 16.5. The normalized spacial score (nSPS) is 19.8. The Kier molecular flexibility index (Phi) is 7.40. The van der Waals surface area contributed by atoms with Crippen LogP contribution in [0.3, 0.4) is 0 Å². The summed E-state index contributed by atoms with van der Waals surface area (Å²) in [5, 5.41) is 12.2. The zero-order valence-electron chi connectivity index (χ0n) is 20.2. The largest absolute Gasteiger partial charge is 0.480 e. The minimum Gasteiger partial charge on any atom is -0.480 e. The maximum atomic E-state index is 13.4. The number of hydrogen-bond donors (Lipinski definition) is 2. The van der Waals surface area contributed by atoms with Crippen molar-refractivity contribution in [1.82, 2.24) is 10.2 Å². The minimum atomic E-state index is -1.07. The van der Waals surface area contributed by atoms with Crippen LogP contribution >= 0.6 is 0 Å². The van der Waals surface area contributed by atoms with Gasteiger partial charge in [0.25, 0.3) is 0 Å². The number of rotatable bonds is 8. The van der Waals surface area contributed by atoms with Crippen molar-refractivity contribution in [3.05, 3.63) is 59.7 Å². The second-order valence-electron chi connectivity index (χ2n) is 9.22. The molecular weight excluding hydrogens is 448 g/mol. The molecule has 0 spiro atoms. The molecule has 1 aliphatic heterocycles. The number of carbonyl (C=O) groups is 3. The molecule has 4 rings (SSSR count). The number of ether oxygens (including phenoxy) is 2. The highest BCUT2D eigenvalue weighted by molar-refractivity contribution is 5.88. The average molecular weight is 481 g/mol. The Morgan fingerprint density at radius 1 is 1.14 bits per heavy atom. The maximum Gasteiger partial charge on any atom is 0.407 e. The minimum absolute atomic E-state index is 0.0192. The van der Waals surface area contributed by atoms with Crippen LogP contribution in [0.25, 0.3) is 11.1 Å². The Morgan fingerprint density at radius 3 is 2.31 bits per heavy atom. The number of fused-ring (bicyclic) bond motifs is 3. The van der Waals surface area contributed by atoms with E-state index in [4.69, 9.17) is 9.47 Å². The van der Waals surface area contributed by atoms with Crippen molar-refractivity contribution in [3.63, 3.8) is 0 Å². The molecule has 0 saturated carbocycles. The summed E-state index contributed by atoms with van der Waals surface area (Å²) in [6.07, 6.45) is 0.536. The summed E-state index contributed by atoms with van der Waals surface area (Å²) >= 11 is 0. The van der Waals surface area contributed by atoms with Crippen LogP contribution < -0.4 is 5.32 Å². The van der Waals surface area contributed by atoms with E-state index < -0.39 is 23.5 Å². The summed E-state index contributed by atoms with van der Waals surface area (Å²) in [7, 11) is 0. The van der Waals surface area contributed by atoms with Crippen molar-refractivity contribution >= 4 is 18.0 Å². The molecule has 1 heterocycles. The number of nitrogens with one attached hydrogen (secondary N) is 1. The molecule has 35 heavy (non-hydrogen) atoms.